The molecule has 0 bridgehead atoms. The molecule has 98 valence electrons. The molecule has 0 aliphatic carbocycles. The molecular weight excluding hydrogens is 252 g/mol. The summed E-state index contributed by atoms with van der Waals surface area (Å²) < 4.78 is 14.8. The summed E-state index contributed by atoms with van der Waals surface area (Å²) in [4.78, 5) is 0. The van der Waals surface area contributed by atoms with E-state index >= 15 is 0 Å². The molecule has 0 saturated heterocycles. The Morgan fingerprint density at radius 3 is 2.65 bits per heavy atom. The van der Waals surface area contributed by atoms with E-state index in [4.69, 9.17) is 8.85 Å². The van der Waals surface area contributed by atoms with Crippen LogP contribution >= 0.6 is 11.8 Å². The van der Waals surface area contributed by atoms with E-state index in [0.717, 1.165) is 12.6 Å². The Labute approximate surface area is 110 Å². The predicted molar refractivity (Wildman–Crippen MR) is 73.5 cm³/mol. The van der Waals surface area contributed by atoms with Gasteiger partial charge in [-0.3, -0.25) is 0 Å². The highest BCUT2D eigenvalue weighted by molar-refractivity contribution is 7.99. The molecule has 0 aliphatic heterocycles. The lowest BCUT2D eigenvalue weighted by molar-refractivity contribution is -0.671. The van der Waals surface area contributed by atoms with Gasteiger partial charge >= 0.3 is 9.28 Å². The van der Waals surface area contributed by atoms with Crippen molar-refractivity contribution in [2.45, 2.75) is 19.0 Å². The number of imidazole rings is 1. The number of aryl methyl sites for hydroxylation is 2. The number of hydrogen-bond donors (Lipinski definition) is 0. The fourth-order valence-corrected chi connectivity index (χ4v) is 4.00. The molecule has 4 nitrogen and oxygen atoms in total. The van der Waals surface area contributed by atoms with Crippen molar-refractivity contribution >= 4 is 21.0 Å². The van der Waals surface area contributed by atoms with Crippen LogP contribution in [-0.2, 0) is 22.4 Å². The van der Waals surface area contributed by atoms with E-state index in [1.54, 1.807) is 14.2 Å². The number of thioether (sulfide) groups is 1. The van der Waals surface area contributed by atoms with Gasteiger partial charge in [0.15, 0.2) is 0 Å². The summed E-state index contributed by atoms with van der Waals surface area (Å²) in [6, 6.07) is 1.11. The van der Waals surface area contributed by atoms with E-state index in [9.17, 15) is 0 Å². The van der Waals surface area contributed by atoms with Crippen LogP contribution in [0.3, 0.4) is 0 Å². The molecule has 0 fully saturated rings. The molecule has 17 heavy (non-hydrogen) atoms. The molecule has 1 rings (SSSR count). The van der Waals surface area contributed by atoms with E-state index in [1.165, 1.54) is 17.9 Å². The van der Waals surface area contributed by atoms with Gasteiger partial charge in [0.1, 0.15) is 12.4 Å². The summed E-state index contributed by atoms with van der Waals surface area (Å²) in [7, 11) is 4.22. The first-order chi connectivity index (χ1) is 8.26. The number of aromatic nitrogens is 2. The van der Waals surface area contributed by atoms with Crippen molar-refractivity contribution in [1.82, 2.24) is 4.57 Å². The largest absolute Gasteiger partial charge is 0.400 e. The van der Waals surface area contributed by atoms with E-state index in [0.29, 0.717) is 0 Å². The van der Waals surface area contributed by atoms with Crippen molar-refractivity contribution in [2.75, 3.05) is 25.7 Å². The Morgan fingerprint density at radius 2 is 2.06 bits per heavy atom. The average Bonchev–Trinajstić information content (AvgIpc) is 2.74. The maximum absolute atomic E-state index is 5.28. The lowest BCUT2D eigenvalue weighted by Crippen LogP contribution is -2.23. The van der Waals surface area contributed by atoms with Crippen LogP contribution in [0.4, 0.5) is 0 Å². The van der Waals surface area contributed by atoms with Crippen molar-refractivity contribution in [1.29, 1.82) is 0 Å². The Morgan fingerprint density at radius 1 is 1.29 bits per heavy atom. The molecule has 0 atom stereocenters. The zero-order valence-electron chi connectivity index (χ0n) is 11.0. The van der Waals surface area contributed by atoms with Gasteiger partial charge in [0, 0.05) is 20.0 Å². The summed E-state index contributed by atoms with van der Waals surface area (Å²) in [6.07, 6.45) is 7.49. The monoisotopic (exact) mass is 275 g/mol. The van der Waals surface area contributed by atoms with Gasteiger partial charge in [-0.15, -0.1) is 0 Å². The Balaban J connectivity index is 1.97. The van der Waals surface area contributed by atoms with E-state index in [-0.39, 0.29) is 0 Å². The molecule has 0 N–H and O–H groups in total. The van der Waals surface area contributed by atoms with Crippen LogP contribution in [0.25, 0.3) is 0 Å². The standard InChI is InChI=1S/C11H23N2O2SSi/c1-12-5-6-13(11-12)7-9-16-8-4-10-17(14-2)15-3/h5-6,11,17H,4,7-10H2,1-3H3/q+1. The van der Waals surface area contributed by atoms with Crippen molar-refractivity contribution in [3.8, 4) is 0 Å². The van der Waals surface area contributed by atoms with Crippen molar-refractivity contribution < 1.29 is 13.4 Å². The van der Waals surface area contributed by atoms with Gasteiger partial charge in [0.25, 0.3) is 0 Å². The minimum atomic E-state index is -1.32. The first-order valence-corrected chi connectivity index (χ1v) is 8.82. The van der Waals surface area contributed by atoms with E-state index < -0.39 is 9.28 Å². The zero-order chi connectivity index (χ0) is 12.5. The van der Waals surface area contributed by atoms with Gasteiger partial charge in [0.05, 0.1) is 13.6 Å². The van der Waals surface area contributed by atoms with Crippen LogP contribution in [0.1, 0.15) is 6.42 Å². The minimum Gasteiger partial charge on any atom is -0.400 e. The topological polar surface area (TPSA) is 27.3 Å². The molecule has 1 heterocycles. The molecule has 1 aromatic rings. The lowest BCUT2D eigenvalue weighted by atomic mass is 10.6. The van der Waals surface area contributed by atoms with Gasteiger partial charge in [-0.2, -0.15) is 11.8 Å². The average molecular weight is 275 g/mol. The van der Waals surface area contributed by atoms with Gasteiger partial charge in [0.2, 0.25) is 6.33 Å². The highest BCUT2D eigenvalue weighted by Crippen LogP contribution is 2.08. The third-order valence-electron chi connectivity index (χ3n) is 2.57. The molecule has 0 radical (unpaired) electrons. The SMILES string of the molecule is CO[SiH](CCCSCCn1cc[n+](C)c1)OC. The molecule has 0 unspecified atom stereocenters. The normalized spacial score (nSPS) is 11.3. The molecule has 0 spiro atoms. The predicted octanol–water partition coefficient (Wildman–Crippen LogP) is 0.949. The molecule has 0 aliphatic rings. The second-order valence-electron chi connectivity index (χ2n) is 3.97. The second-order valence-corrected chi connectivity index (χ2v) is 7.58. The quantitative estimate of drug-likeness (QED) is 0.381. The Kier molecular flexibility index (Phi) is 7.59. The highest BCUT2D eigenvalue weighted by atomic mass is 32.2. The van der Waals surface area contributed by atoms with Crippen molar-refractivity contribution in [3.63, 3.8) is 0 Å². The second kappa shape index (κ2) is 8.74. The highest BCUT2D eigenvalue weighted by Gasteiger charge is 2.08. The summed E-state index contributed by atoms with van der Waals surface area (Å²) in [6.45, 7) is 1.08. The van der Waals surface area contributed by atoms with Crippen LogP contribution in [0.15, 0.2) is 18.7 Å². The minimum absolute atomic E-state index is 1.08. The molecule has 1 aromatic heterocycles. The fraction of sp³-hybridized carbons (Fsp3) is 0.727. The molecule has 6 heteroatoms. The van der Waals surface area contributed by atoms with Crippen LogP contribution in [0.5, 0.6) is 0 Å². The van der Waals surface area contributed by atoms with E-state index in [2.05, 4.69) is 27.9 Å². The summed E-state index contributed by atoms with van der Waals surface area (Å²) in [5.74, 6) is 2.37. The van der Waals surface area contributed by atoms with Crippen LogP contribution in [-0.4, -0.2) is 39.6 Å². The summed E-state index contributed by atoms with van der Waals surface area (Å²) in [5.41, 5.74) is 0. The number of nitrogens with zero attached hydrogens (tertiary/aromatic N) is 2. The molecule has 0 saturated carbocycles. The van der Waals surface area contributed by atoms with E-state index in [1.807, 2.05) is 18.8 Å². The third kappa shape index (κ3) is 6.26. The van der Waals surface area contributed by atoms with Gasteiger partial charge < -0.3 is 8.85 Å². The summed E-state index contributed by atoms with van der Waals surface area (Å²) >= 11 is 2.00. The fourth-order valence-electron chi connectivity index (χ4n) is 1.59. The summed E-state index contributed by atoms with van der Waals surface area (Å²) in [5, 5.41) is 0. The van der Waals surface area contributed by atoms with Gasteiger partial charge in [-0.05, 0) is 18.2 Å². The molecule has 0 aromatic carbocycles. The molecular formula is C11H23N2O2SSi+. The lowest BCUT2D eigenvalue weighted by Gasteiger charge is -2.09. The van der Waals surface area contributed by atoms with Gasteiger partial charge in [-0.1, -0.05) is 0 Å². The number of hydrogen-bond acceptors (Lipinski definition) is 3. The Hall–Kier alpha value is -0.303. The maximum atomic E-state index is 5.28. The maximum Gasteiger partial charge on any atom is 0.320 e. The zero-order valence-corrected chi connectivity index (χ0v) is 12.9. The first-order valence-electron chi connectivity index (χ1n) is 5.90. The number of rotatable bonds is 9. The van der Waals surface area contributed by atoms with Crippen LogP contribution in [0.2, 0.25) is 6.04 Å². The smallest absolute Gasteiger partial charge is 0.320 e. The van der Waals surface area contributed by atoms with Gasteiger partial charge in [-0.25, -0.2) is 9.13 Å². The van der Waals surface area contributed by atoms with Crippen molar-refractivity contribution in [3.05, 3.63) is 18.7 Å². The molecule has 0 amide bonds. The van der Waals surface area contributed by atoms with Crippen LogP contribution in [0, 0.1) is 0 Å². The first kappa shape index (κ1) is 14.8. The Bertz CT molecular complexity index is 305. The van der Waals surface area contributed by atoms with Crippen LogP contribution < -0.4 is 4.57 Å². The van der Waals surface area contributed by atoms with Crippen molar-refractivity contribution in [2.24, 2.45) is 7.05 Å². The third-order valence-corrected chi connectivity index (χ3v) is 5.55.